The van der Waals surface area contributed by atoms with Gasteiger partial charge in [0.2, 0.25) is 0 Å². The van der Waals surface area contributed by atoms with Crippen molar-refractivity contribution in [1.82, 2.24) is 9.96 Å². The first-order chi connectivity index (χ1) is 6.68. The van der Waals surface area contributed by atoms with Gasteiger partial charge in [-0.3, -0.25) is 4.90 Å². The minimum atomic E-state index is -0.207. The summed E-state index contributed by atoms with van der Waals surface area (Å²) in [4.78, 5) is 7.35. The monoisotopic (exact) mass is 199 g/mol. The molecule has 2 rings (SSSR count). The molecule has 1 saturated heterocycles. The first kappa shape index (κ1) is 9.92. The molecule has 5 nitrogen and oxygen atoms in total. The summed E-state index contributed by atoms with van der Waals surface area (Å²) in [6.45, 7) is 4.95. The maximum atomic E-state index is 11.2. The second-order valence-corrected chi connectivity index (χ2v) is 3.93. The van der Waals surface area contributed by atoms with Crippen molar-refractivity contribution >= 4 is 0 Å². The molecule has 0 spiro atoms. The largest absolute Gasteiger partial charge is 0.593 e. The molecular weight excluding hydrogens is 182 g/mol. The van der Waals surface area contributed by atoms with Crippen LogP contribution in [0.4, 0.5) is 0 Å². The zero-order valence-corrected chi connectivity index (χ0v) is 8.75. The summed E-state index contributed by atoms with van der Waals surface area (Å²) in [6, 6.07) is 0. The predicted molar refractivity (Wildman–Crippen MR) is 51.6 cm³/mol. The molecule has 2 aliphatic rings. The summed E-state index contributed by atoms with van der Waals surface area (Å²) in [5, 5.41) is 12.6. The van der Waals surface area contributed by atoms with Crippen LogP contribution >= 0.6 is 0 Å². The summed E-state index contributed by atoms with van der Waals surface area (Å²) in [5.74, 6) is 0. The van der Waals surface area contributed by atoms with Crippen LogP contribution in [-0.4, -0.2) is 36.6 Å². The van der Waals surface area contributed by atoms with Crippen LogP contribution in [0.5, 0.6) is 0 Å². The van der Waals surface area contributed by atoms with Crippen molar-refractivity contribution in [3.8, 4) is 0 Å². The average molecular weight is 199 g/mol. The molecule has 0 aromatic carbocycles. The molecule has 0 aliphatic carbocycles. The highest BCUT2D eigenvalue weighted by atomic mass is 17.0. The van der Waals surface area contributed by atoms with Gasteiger partial charge in [0.15, 0.2) is 5.70 Å². The van der Waals surface area contributed by atoms with E-state index in [-0.39, 0.29) is 5.23 Å². The van der Waals surface area contributed by atoms with Crippen LogP contribution in [0.3, 0.4) is 0 Å². The van der Waals surface area contributed by atoms with Crippen LogP contribution in [0.1, 0.15) is 19.8 Å². The Bertz CT molecular complexity index is 248. The number of rotatable bonds is 2. The Kier molecular flexibility index (Phi) is 2.73. The minimum absolute atomic E-state index is 0.207. The van der Waals surface area contributed by atoms with Gasteiger partial charge in [-0.25, -0.2) is 5.06 Å². The summed E-state index contributed by atoms with van der Waals surface area (Å²) >= 11 is 0. The van der Waals surface area contributed by atoms with E-state index in [1.807, 2.05) is 6.92 Å². The lowest BCUT2D eigenvalue weighted by molar-refractivity contribution is -1.04. The zero-order chi connectivity index (χ0) is 10.1. The molecular formula is C9H17N3O2. The zero-order valence-electron chi connectivity index (χ0n) is 8.75. The molecule has 5 heteroatoms. The number of hydrogen-bond acceptors (Lipinski definition) is 4. The van der Waals surface area contributed by atoms with Gasteiger partial charge < -0.3 is 5.21 Å². The quantitative estimate of drug-likeness (QED) is 0.608. The summed E-state index contributed by atoms with van der Waals surface area (Å²) in [6.07, 6.45) is 2.54. The van der Waals surface area contributed by atoms with E-state index in [4.69, 9.17) is 4.94 Å². The van der Waals surface area contributed by atoms with E-state index in [0.717, 1.165) is 31.0 Å². The Hall–Kier alpha value is -0.620. The average Bonchev–Trinajstić information content (AvgIpc) is 2.71. The Balaban J connectivity index is 2.01. The van der Waals surface area contributed by atoms with Gasteiger partial charge in [-0.15, -0.1) is 0 Å². The number of hydroxylamine groups is 4. The molecule has 1 atom stereocenters. The topological polar surface area (TPSA) is 43.2 Å². The highest BCUT2D eigenvalue weighted by Crippen LogP contribution is 2.15. The molecule has 0 aromatic rings. The molecule has 0 bridgehead atoms. The van der Waals surface area contributed by atoms with Crippen LogP contribution in [0.2, 0.25) is 0 Å². The van der Waals surface area contributed by atoms with Crippen LogP contribution in [0, 0.1) is 5.21 Å². The van der Waals surface area contributed by atoms with Crippen molar-refractivity contribution in [2.75, 3.05) is 26.7 Å². The highest BCUT2D eigenvalue weighted by Gasteiger charge is 2.28. The van der Waals surface area contributed by atoms with Gasteiger partial charge in [-0.2, -0.15) is 5.23 Å². The Morgan fingerprint density at radius 2 is 2.07 bits per heavy atom. The molecule has 0 amide bonds. The summed E-state index contributed by atoms with van der Waals surface area (Å²) in [7, 11) is 1.79. The number of nitrogens with one attached hydrogen (secondary N) is 1. The van der Waals surface area contributed by atoms with Gasteiger partial charge >= 0.3 is 0 Å². The number of hydrogen-bond donors (Lipinski definition) is 1. The molecule has 2 aliphatic heterocycles. The Labute approximate surface area is 84.0 Å². The maximum Gasteiger partial charge on any atom is 0.162 e. The van der Waals surface area contributed by atoms with Gasteiger partial charge in [-0.05, 0) is 25.9 Å². The number of likely N-dealkylation sites (N-methyl/N-ethyl adjacent to an activating group) is 1. The Morgan fingerprint density at radius 3 is 2.57 bits per heavy atom. The van der Waals surface area contributed by atoms with Crippen molar-refractivity contribution in [3.05, 3.63) is 16.6 Å². The van der Waals surface area contributed by atoms with Gasteiger partial charge in [-0.1, -0.05) is 4.94 Å². The van der Waals surface area contributed by atoms with Crippen molar-refractivity contribution in [2.24, 2.45) is 0 Å². The van der Waals surface area contributed by atoms with Crippen molar-refractivity contribution in [3.63, 3.8) is 0 Å². The first-order valence-electron chi connectivity index (χ1n) is 5.06. The lowest BCUT2D eigenvalue weighted by Gasteiger charge is -2.17. The van der Waals surface area contributed by atoms with E-state index >= 15 is 0 Å². The fraction of sp³-hybridized carbons (Fsp3) is 0.778. The molecule has 0 radical (unpaired) electrons. The van der Waals surface area contributed by atoms with E-state index in [0.29, 0.717) is 0 Å². The summed E-state index contributed by atoms with van der Waals surface area (Å²) < 4.78 is 0. The molecule has 2 heterocycles. The predicted octanol–water partition coefficient (Wildman–Crippen LogP) is -0.512. The third kappa shape index (κ3) is 1.76. The third-order valence-electron chi connectivity index (χ3n) is 2.91. The van der Waals surface area contributed by atoms with E-state index < -0.39 is 0 Å². The molecule has 0 aromatic heterocycles. The van der Waals surface area contributed by atoms with E-state index in [1.54, 1.807) is 12.1 Å². The van der Waals surface area contributed by atoms with E-state index in [1.165, 1.54) is 12.8 Å². The highest BCUT2D eigenvalue weighted by molar-refractivity contribution is 5.06. The fourth-order valence-electron chi connectivity index (χ4n) is 1.97. The Morgan fingerprint density at radius 1 is 1.43 bits per heavy atom. The van der Waals surface area contributed by atoms with Crippen LogP contribution < -0.4 is 5.23 Å². The van der Waals surface area contributed by atoms with Gasteiger partial charge in [0.25, 0.3) is 0 Å². The summed E-state index contributed by atoms with van der Waals surface area (Å²) in [5.41, 5.74) is 1.76. The molecule has 1 fully saturated rings. The first-order valence-corrected chi connectivity index (χ1v) is 5.06. The van der Waals surface area contributed by atoms with Crippen molar-refractivity contribution in [2.45, 2.75) is 19.8 Å². The molecule has 1 N–H and O–H groups in total. The second-order valence-electron chi connectivity index (χ2n) is 3.93. The molecule has 1 unspecified atom stereocenters. The van der Waals surface area contributed by atoms with Crippen molar-refractivity contribution < 1.29 is 10.2 Å². The number of likely N-dealkylation sites (tertiary alicyclic amines) is 1. The lowest BCUT2D eigenvalue weighted by atomic mass is 10.3. The smallest absolute Gasteiger partial charge is 0.162 e. The number of nitrogens with zero attached hydrogens (tertiary/aromatic N) is 2. The van der Waals surface area contributed by atoms with E-state index in [2.05, 4.69) is 4.90 Å². The van der Waals surface area contributed by atoms with Gasteiger partial charge in [0, 0.05) is 20.5 Å². The number of allylic oxidation sites excluding steroid dienone is 1. The second kappa shape index (κ2) is 3.86. The molecule has 0 saturated carbocycles. The van der Waals surface area contributed by atoms with Crippen LogP contribution in [0.15, 0.2) is 11.4 Å². The van der Waals surface area contributed by atoms with Crippen molar-refractivity contribution in [1.29, 1.82) is 0 Å². The minimum Gasteiger partial charge on any atom is -0.593 e. The van der Waals surface area contributed by atoms with E-state index in [9.17, 15) is 5.21 Å². The van der Waals surface area contributed by atoms with Gasteiger partial charge in [0.05, 0.1) is 0 Å². The van der Waals surface area contributed by atoms with Gasteiger partial charge in [0.1, 0.15) is 5.70 Å². The fourth-order valence-corrected chi connectivity index (χ4v) is 1.97. The third-order valence-corrected chi connectivity index (χ3v) is 2.91. The SMILES string of the molecule is CC1=C(CN2CCCC2)N(C)O[NH+]1[O-]. The molecule has 14 heavy (non-hydrogen) atoms. The maximum absolute atomic E-state index is 11.2. The normalized spacial score (nSPS) is 29.4. The molecule has 80 valence electrons. The standard InChI is InChI=1S/C9H17N3O2/c1-8-9(10(2)14-12(8)13)7-11-5-3-4-6-11/h12H,3-7H2,1-2H3. The lowest BCUT2D eigenvalue weighted by Crippen LogP contribution is -3.02. The van der Waals surface area contributed by atoms with Crippen LogP contribution in [-0.2, 0) is 4.94 Å². The number of quaternary nitrogens is 1. The van der Waals surface area contributed by atoms with Crippen LogP contribution in [0.25, 0.3) is 0 Å².